The number of furan rings is 1. The Morgan fingerprint density at radius 1 is 0.647 bits per heavy atom. The molecule has 0 bridgehead atoms. The van der Waals surface area contributed by atoms with Crippen molar-refractivity contribution in [2.75, 3.05) is 4.90 Å². The largest absolute Gasteiger partial charge is 0.498 e. The number of hydrogen-bond acceptors (Lipinski definition) is 5. The minimum Gasteiger partial charge on any atom is -0.498 e. The van der Waals surface area contributed by atoms with Crippen LogP contribution in [0.4, 0.5) is 17.1 Å². The number of fused-ring (bicyclic) bond motifs is 3. The fourth-order valence-electron chi connectivity index (χ4n) is 5.91. The average Bonchev–Trinajstić information content (AvgIpc) is 3.56. The van der Waals surface area contributed by atoms with Crippen LogP contribution in [-0.4, -0.2) is 9.97 Å². The Hall–Kier alpha value is -5.86. The van der Waals surface area contributed by atoms with Gasteiger partial charge in [0.15, 0.2) is 0 Å². The first-order valence-corrected chi connectivity index (χ1v) is 16.5. The van der Waals surface area contributed by atoms with Gasteiger partial charge in [0.1, 0.15) is 17.3 Å². The molecule has 0 spiro atoms. The van der Waals surface area contributed by atoms with Gasteiger partial charge < -0.3 is 19.3 Å². The number of benzene rings is 5. The summed E-state index contributed by atoms with van der Waals surface area (Å²) in [6.07, 6.45) is 3.71. The molecule has 0 N–H and O–H groups in total. The Balaban J connectivity index is 0.000000222. The number of rotatable bonds is 5. The molecule has 0 aliphatic carbocycles. The molecular weight excluding hydrogens is 805 g/mol. The van der Waals surface area contributed by atoms with E-state index in [4.69, 9.17) is 4.42 Å². The van der Waals surface area contributed by atoms with Gasteiger partial charge in [-0.25, -0.2) is 0 Å². The van der Waals surface area contributed by atoms with Crippen LogP contribution in [0.15, 0.2) is 156 Å². The predicted octanol–water partition coefficient (Wildman–Crippen LogP) is 11.6. The van der Waals surface area contributed by atoms with E-state index in [1.807, 2.05) is 134 Å². The zero-order valence-electron chi connectivity index (χ0n) is 28.5. The van der Waals surface area contributed by atoms with Gasteiger partial charge in [0.05, 0.1) is 11.1 Å². The van der Waals surface area contributed by atoms with Crippen LogP contribution in [0, 0.1) is 23.5 Å². The van der Waals surface area contributed by atoms with Crippen molar-refractivity contribution in [2.45, 2.75) is 26.2 Å². The van der Waals surface area contributed by atoms with Gasteiger partial charge in [0, 0.05) is 49.3 Å². The topological polar surface area (TPSA) is 66.0 Å². The summed E-state index contributed by atoms with van der Waals surface area (Å²) in [4.78, 5) is 11.1. The van der Waals surface area contributed by atoms with E-state index < -0.39 is 0 Å². The van der Waals surface area contributed by atoms with Crippen molar-refractivity contribution in [3.63, 3.8) is 0 Å². The maximum absolute atomic E-state index is 10.1. The van der Waals surface area contributed by atoms with Crippen molar-refractivity contribution in [3.05, 3.63) is 175 Å². The number of hydrogen-bond donors (Lipinski definition) is 0. The van der Waals surface area contributed by atoms with Crippen LogP contribution in [0.25, 0.3) is 44.5 Å². The van der Waals surface area contributed by atoms with Crippen LogP contribution in [0.2, 0.25) is 0 Å². The molecule has 3 aromatic heterocycles. The smallest absolute Gasteiger partial charge is 0.146 e. The molecule has 0 fully saturated rings. The van der Waals surface area contributed by atoms with Gasteiger partial charge in [-0.3, -0.25) is 0 Å². The van der Waals surface area contributed by atoms with E-state index in [0.29, 0.717) is 22.4 Å². The fourth-order valence-corrected chi connectivity index (χ4v) is 5.91. The monoisotopic (exact) mass is 839 g/mol. The number of nitrogens with zero attached hydrogens (tertiary/aromatic N) is 4. The summed E-state index contributed by atoms with van der Waals surface area (Å²) < 4.78 is 6.57. The molecule has 3 heterocycles. The normalized spacial score (nSPS) is 10.9. The molecule has 0 atom stereocenters. The number of anilines is 3. The SMILES string of the molecule is CC(C)(C)c1ccc(-c2[c-]cccc2)nc1.N#Cc1ccc2c(oc3c(-c4ccccn4)[c-]ccc32)c1N(c1ccccc1)c1ccccc1.[Ir]. The molecule has 0 aliphatic rings. The Labute approximate surface area is 312 Å². The summed E-state index contributed by atoms with van der Waals surface area (Å²) in [5, 5.41) is 12.0. The Bertz CT molecular complexity index is 2360. The summed E-state index contributed by atoms with van der Waals surface area (Å²) in [6.45, 7) is 6.58. The zero-order valence-corrected chi connectivity index (χ0v) is 30.9. The van der Waals surface area contributed by atoms with E-state index in [2.05, 4.69) is 66.0 Å². The summed E-state index contributed by atoms with van der Waals surface area (Å²) in [5.74, 6) is 0. The molecule has 0 aliphatic heterocycles. The quantitative estimate of drug-likeness (QED) is 0.162. The van der Waals surface area contributed by atoms with E-state index in [9.17, 15) is 5.26 Å². The summed E-state index contributed by atoms with van der Waals surface area (Å²) in [6, 6.07) is 54.5. The van der Waals surface area contributed by atoms with Gasteiger partial charge in [0.2, 0.25) is 0 Å². The van der Waals surface area contributed by atoms with Crippen LogP contribution in [0.5, 0.6) is 0 Å². The van der Waals surface area contributed by atoms with Crippen molar-refractivity contribution < 1.29 is 24.5 Å². The standard InChI is InChI=1S/C30H18N3O.C15H16N.Ir/c31-20-21-17-18-25-24-14-9-15-26(27-16-7-8-19-32-27)29(24)34-30(25)28(21)33(22-10-3-1-4-11-22)23-12-5-2-6-13-23;1-15(2,3)13-9-10-14(16-11-13)12-7-5-4-6-8-12;/h1-14,16-19H;4-7,9-11H,1-3H3;/q2*-1;. The molecule has 0 saturated heterocycles. The van der Waals surface area contributed by atoms with Crippen molar-refractivity contribution >= 4 is 39.0 Å². The Kier molecular flexibility index (Phi) is 10.5. The second-order valence-corrected chi connectivity index (χ2v) is 12.8. The summed E-state index contributed by atoms with van der Waals surface area (Å²) in [5.41, 5.74) is 9.50. The van der Waals surface area contributed by atoms with Crippen molar-refractivity contribution in [3.8, 4) is 28.6 Å². The van der Waals surface area contributed by atoms with Gasteiger partial charge in [-0.05, 0) is 58.8 Å². The average molecular weight is 839 g/mol. The van der Waals surface area contributed by atoms with Gasteiger partial charge >= 0.3 is 0 Å². The van der Waals surface area contributed by atoms with Gasteiger partial charge in [-0.15, -0.1) is 54.1 Å². The van der Waals surface area contributed by atoms with E-state index in [1.54, 1.807) is 6.20 Å². The predicted molar refractivity (Wildman–Crippen MR) is 202 cm³/mol. The number of pyridine rings is 2. The van der Waals surface area contributed by atoms with E-state index in [0.717, 1.165) is 44.7 Å². The molecule has 0 unspecified atom stereocenters. The number of nitriles is 1. The van der Waals surface area contributed by atoms with Crippen molar-refractivity contribution in [2.24, 2.45) is 0 Å². The summed E-state index contributed by atoms with van der Waals surface area (Å²) in [7, 11) is 0. The fraction of sp³-hybridized carbons (Fsp3) is 0.0889. The molecule has 6 heteroatoms. The van der Waals surface area contributed by atoms with E-state index >= 15 is 0 Å². The number of aromatic nitrogens is 2. The van der Waals surface area contributed by atoms with Gasteiger partial charge in [-0.2, -0.15) is 5.26 Å². The van der Waals surface area contributed by atoms with Crippen LogP contribution in [0.3, 0.4) is 0 Å². The number of para-hydroxylation sites is 2. The second kappa shape index (κ2) is 15.4. The first-order chi connectivity index (χ1) is 24.4. The third-order valence-corrected chi connectivity index (χ3v) is 8.48. The van der Waals surface area contributed by atoms with E-state index in [-0.39, 0.29) is 25.5 Å². The summed E-state index contributed by atoms with van der Waals surface area (Å²) >= 11 is 0. The van der Waals surface area contributed by atoms with Crippen molar-refractivity contribution in [1.82, 2.24) is 9.97 Å². The zero-order chi connectivity index (χ0) is 34.5. The Morgan fingerprint density at radius 3 is 1.92 bits per heavy atom. The minimum atomic E-state index is 0. The Morgan fingerprint density at radius 2 is 1.33 bits per heavy atom. The van der Waals surface area contributed by atoms with E-state index in [1.165, 1.54) is 5.56 Å². The second-order valence-electron chi connectivity index (χ2n) is 12.8. The maximum atomic E-state index is 10.1. The first-order valence-electron chi connectivity index (χ1n) is 16.5. The van der Waals surface area contributed by atoms with Crippen LogP contribution in [-0.2, 0) is 25.5 Å². The van der Waals surface area contributed by atoms with Gasteiger partial charge in [-0.1, -0.05) is 98.5 Å². The molecule has 1 radical (unpaired) electrons. The van der Waals surface area contributed by atoms with Gasteiger partial charge in [0.25, 0.3) is 0 Å². The molecule has 251 valence electrons. The molecule has 0 amide bonds. The molecule has 51 heavy (non-hydrogen) atoms. The van der Waals surface area contributed by atoms with Crippen molar-refractivity contribution in [1.29, 1.82) is 5.26 Å². The minimum absolute atomic E-state index is 0. The first kappa shape index (κ1) is 35.0. The molecule has 5 aromatic carbocycles. The van der Waals surface area contributed by atoms with Crippen LogP contribution < -0.4 is 4.90 Å². The molecule has 0 saturated carbocycles. The molecule has 8 rings (SSSR count). The molecular formula is C45H34IrN4O-2. The molecule has 5 nitrogen and oxygen atoms in total. The molecule has 8 aromatic rings. The third-order valence-electron chi connectivity index (χ3n) is 8.48. The van der Waals surface area contributed by atoms with Crippen LogP contribution >= 0.6 is 0 Å². The maximum Gasteiger partial charge on any atom is 0.146 e. The third kappa shape index (κ3) is 7.37. The van der Waals surface area contributed by atoms with Crippen LogP contribution in [0.1, 0.15) is 31.9 Å².